The Morgan fingerprint density at radius 3 is 2.00 bits per heavy atom. The third-order valence-electron chi connectivity index (χ3n) is 2.23. The topological polar surface area (TPSA) is 119 Å². The van der Waals surface area contributed by atoms with Crippen LogP contribution in [-0.4, -0.2) is 28.7 Å². The van der Waals surface area contributed by atoms with Crippen LogP contribution in [0.2, 0.25) is 0 Å². The Morgan fingerprint density at radius 2 is 1.72 bits per heavy atom. The molecule has 0 aliphatic carbocycles. The van der Waals surface area contributed by atoms with Gasteiger partial charge in [0.05, 0.1) is 29.1 Å². The Morgan fingerprint density at radius 1 is 1.28 bits per heavy atom. The molecule has 0 aliphatic rings. The zero-order chi connectivity index (χ0) is 13.9. The molecule has 1 aromatic carbocycles. The number of hydroxylamine groups is 1. The van der Waals surface area contributed by atoms with Crippen molar-refractivity contribution in [2.24, 2.45) is 0 Å². The predicted octanol–water partition coefficient (Wildman–Crippen LogP) is 1.73. The Hall–Kier alpha value is -2.42. The first kappa shape index (κ1) is 13.6. The first-order valence-corrected chi connectivity index (χ1v) is 4.89. The molecule has 0 radical (unpaired) electrons. The van der Waals surface area contributed by atoms with Crippen molar-refractivity contribution in [1.29, 1.82) is 0 Å². The molecule has 9 nitrogen and oxygen atoms in total. The fourth-order valence-electron chi connectivity index (χ4n) is 1.40. The first-order valence-electron chi connectivity index (χ1n) is 4.89. The van der Waals surface area contributed by atoms with Crippen molar-refractivity contribution in [2.45, 2.75) is 6.92 Å². The van der Waals surface area contributed by atoms with Crippen LogP contribution >= 0.6 is 0 Å². The van der Waals surface area contributed by atoms with Crippen molar-refractivity contribution in [3.63, 3.8) is 0 Å². The molecule has 0 saturated heterocycles. The van der Waals surface area contributed by atoms with E-state index in [1.807, 2.05) is 0 Å². The number of ether oxygens (including phenoxy) is 1. The summed E-state index contributed by atoms with van der Waals surface area (Å²) in [5, 5.41) is 31.7. The molecule has 0 fully saturated rings. The first-order chi connectivity index (χ1) is 8.42. The highest BCUT2D eigenvalue weighted by molar-refractivity contribution is 5.76. The molecule has 1 rings (SSSR count). The highest BCUT2D eigenvalue weighted by Crippen LogP contribution is 2.40. The van der Waals surface area contributed by atoms with Crippen LogP contribution in [0.15, 0.2) is 12.1 Å². The van der Waals surface area contributed by atoms with Crippen LogP contribution in [0.3, 0.4) is 0 Å². The number of rotatable bonds is 5. The number of nitrogens with zero attached hydrogens (tertiary/aromatic N) is 3. The van der Waals surface area contributed by atoms with E-state index in [9.17, 15) is 25.4 Å². The molecule has 9 heteroatoms. The van der Waals surface area contributed by atoms with E-state index in [4.69, 9.17) is 4.74 Å². The molecular weight excluding hydrogens is 246 g/mol. The Bertz CT molecular complexity index is 454. The minimum atomic E-state index is -0.816. The number of anilines is 1. The second kappa shape index (κ2) is 5.27. The SMILES string of the molecule is CCN(O)c1c([N+](=O)[O-])cc(OC)cc1[N+](=O)[O-]. The molecule has 0 aliphatic heterocycles. The normalized spacial score (nSPS) is 9.94. The van der Waals surface area contributed by atoms with Gasteiger partial charge in [0, 0.05) is 6.54 Å². The van der Waals surface area contributed by atoms with Gasteiger partial charge in [-0.1, -0.05) is 0 Å². The molecule has 0 spiro atoms. The van der Waals surface area contributed by atoms with Gasteiger partial charge in [-0.05, 0) is 6.92 Å². The molecule has 1 aromatic rings. The lowest BCUT2D eigenvalue weighted by atomic mass is 10.2. The van der Waals surface area contributed by atoms with E-state index < -0.39 is 26.9 Å². The average molecular weight is 257 g/mol. The molecule has 18 heavy (non-hydrogen) atoms. The molecule has 0 amide bonds. The molecule has 0 heterocycles. The Balaban J connectivity index is 3.60. The number of nitro groups is 2. The van der Waals surface area contributed by atoms with Gasteiger partial charge in [0.25, 0.3) is 0 Å². The summed E-state index contributed by atoms with van der Waals surface area (Å²) in [7, 11) is 1.24. The van der Waals surface area contributed by atoms with Gasteiger partial charge in [-0.15, -0.1) is 0 Å². The maximum atomic E-state index is 10.9. The van der Waals surface area contributed by atoms with Crippen LogP contribution < -0.4 is 9.80 Å². The number of hydrogen-bond donors (Lipinski definition) is 1. The van der Waals surface area contributed by atoms with Gasteiger partial charge in [-0.3, -0.25) is 25.4 Å². The van der Waals surface area contributed by atoms with E-state index >= 15 is 0 Å². The lowest BCUT2D eigenvalue weighted by Crippen LogP contribution is -2.19. The minimum Gasteiger partial charge on any atom is -0.496 e. The van der Waals surface area contributed by atoms with Crippen molar-refractivity contribution in [2.75, 3.05) is 18.7 Å². The van der Waals surface area contributed by atoms with Crippen molar-refractivity contribution in [3.8, 4) is 5.75 Å². The minimum absolute atomic E-state index is 0.0262. The van der Waals surface area contributed by atoms with E-state index in [1.54, 1.807) is 0 Å². The lowest BCUT2D eigenvalue weighted by molar-refractivity contribution is -0.393. The molecule has 0 aromatic heterocycles. The highest BCUT2D eigenvalue weighted by Gasteiger charge is 2.30. The molecule has 0 unspecified atom stereocenters. The summed E-state index contributed by atoms with van der Waals surface area (Å²) in [6, 6.07) is 2.03. The standard InChI is InChI=1S/C9H11N3O6/c1-3-10(13)9-7(11(14)15)4-6(18-2)5-8(9)12(16)17/h4-5,13H,3H2,1-2H3. The molecule has 0 bridgehead atoms. The summed E-state index contributed by atoms with van der Waals surface area (Å²) in [4.78, 5) is 20.1. The third kappa shape index (κ3) is 2.46. The second-order valence-electron chi connectivity index (χ2n) is 3.24. The number of hydrogen-bond acceptors (Lipinski definition) is 7. The zero-order valence-corrected chi connectivity index (χ0v) is 9.69. The summed E-state index contributed by atoms with van der Waals surface area (Å²) >= 11 is 0. The van der Waals surface area contributed by atoms with Crippen LogP contribution in [0.5, 0.6) is 5.75 Å². The van der Waals surface area contributed by atoms with E-state index in [2.05, 4.69) is 0 Å². The number of nitro benzene ring substituents is 2. The van der Waals surface area contributed by atoms with Crippen molar-refractivity contribution in [3.05, 3.63) is 32.4 Å². The molecule has 0 atom stereocenters. The average Bonchev–Trinajstić information content (AvgIpc) is 2.35. The summed E-state index contributed by atoms with van der Waals surface area (Å²) in [6.07, 6.45) is 0. The Labute approximate surface area is 101 Å². The summed E-state index contributed by atoms with van der Waals surface area (Å²) in [5.74, 6) is -0.0262. The number of benzene rings is 1. The van der Waals surface area contributed by atoms with Gasteiger partial charge in [-0.2, -0.15) is 0 Å². The van der Waals surface area contributed by atoms with Gasteiger partial charge < -0.3 is 4.74 Å². The molecule has 98 valence electrons. The van der Waals surface area contributed by atoms with E-state index in [0.29, 0.717) is 5.06 Å². The van der Waals surface area contributed by atoms with Gasteiger partial charge in [0.2, 0.25) is 5.69 Å². The molecular formula is C9H11N3O6. The van der Waals surface area contributed by atoms with Crippen molar-refractivity contribution >= 4 is 17.1 Å². The zero-order valence-electron chi connectivity index (χ0n) is 9.69. The molecule has 0 saturated carbocycles. The van der Waals surface area contributed by atoms with Crippen molar-refractivity contribution in [1.82, 2.24) is 0 Å². The quantitative estimate of drug-likeness (QED) is 0.629. The van der Waals surface area contributed by atoms with Crippen LogP contribution in [-0.2, 0) is 0 Å². The maximum Gasteiger partial charge on any atom is 0.305 e. The highest BCUT2D eigenvalue weighted by atomic mass is 16.6. The molecule has 1 N–H and O–H groups in total. The third-order valence-corrected chi connectivity index (χ3v) is 2.23. The maximum absolute atomic E-state index is 10.9. The van der Waals surface area contributed by atoms with Crippen LogP contribution in [0.25, 0.3) is 0 Å². The number of methoxy groups -OCH3 is 1. The summed E-state index contributed by atoms with van der Waals surface area (Å²) < 4.78 is 4.76. The van der Waals surface area contributed by atoms with Gasteiger partial charge in [-0.25, -0.2) is 5.06 Å². The van der Waals surface area contributed by atoms with Crippen LogP contribution in [0, 0.1) is 20.2 Å². The monoisotopic (exact) mass is 257 g/mol. The van der Waals surface area contributed by atoms with Crippen LogP contribution in [0.1, 0.15) is 6.92 Å². The van der Waals surface area contributed by atoms with Crippen molar-refractivity contribution < 1.29 is 19.8 Å². The lowest BCUT2D eigenvalue weighted by Gasteiger charge is -2.15. The summed E-state index contributed by atoms with van der Waals surface area (Å²) in [6.45, 7) is 1.46. The fraction of sp³-hybridized carbons (Fsp3) is 0.333. The van der Waals surface area contributed by atoms with Crippen LogP contribution in [0.4, 0.5) is 17.1 Å². The van der Waals surface area contributed by atoms with E-state index in [0.717, 1.165) is 12.1 Å². The summed E-state index contributed by atoms with van der Waals surface area (Å²) in [5.41, 5.74) is -1.65. The second-order valence-corrected chi connectivity index (χ2v) is 3.24. The van der Waals surface area contributed by atoms with E-state index in [1.165, 1.54) is 14.0 Å². The predicted molar refractivity (Wildman–Crippen MR) is 61.1 cm³/mol. The largest absolute Gasteiger partial charge is 0.496 e. The van der Waals surface area contributed by atoms with E-state index in [-0.39, 0.29) is 12.3 Å². The Kier molecular flexibility index (Phi) is 4.00. The van der Waals surface area contributed by atoms with Gasteiger partial charge in [0.1, 0.15) is 5.75 Å². The smallest absolute Gasteiger partial charge is 0.305 e. The fourth-order valence-corrected chi connectivity index (χ4v) is 1.40. The van der Waals surface area contributed by atoms with Gasteiger partial charge in [0.15, 0.2) is 0 Å². The van der Waals surface area contributed by atoms with Gasteiger partial charge >= 0.3 is 11.4 Å².